The monoisotopic (exact) mass is 252 g/mol. The van der Waals surface area contributed by atoms with Crippen LogP contribution in [0.1, 0.15) is 39.7 Å². The summed E-state index contributed by atoms with van der Waals surface area (Å²) in [6.45, 7) is 9.12. The molecule has 0 spiro atoms. The predicted octanol–water partition coefficient (Wildman–Crippen LogP) is 3.34. The molecule has 0 bridgehead atoms. The van der Waals surface area contributed by atoms with E-state index in [0.717, 1.165) is 24.2 Å². The molecule has 0 aliphatic carbocycles. The van der Waals surface area contributed by atoms with Gasteiger partial charge in [0.05, 0.1) is 5.69 Å². The van der Waals surface area contributed by atoms with Gasteiger partial charge in [-0.3, -0.25) is 0 Å². The van der Waals surface area contributed by atoms with Crippen LogP contribution in [-0.2, 0) is 6.42 Å². The van der Waals surface area contributed by atoms with Crippen LogP contribution in [0.4, 0.5) is 10.1 Å². The molecule has 2 nitrogen and oxygen atoms in total. The summed E-state index contributed by atoms with van der Waals surface area (Å²) >= 11 is 0. The fourth-order valence-electron chi connectivity index (χ4n) is 2.26. The number of benzene rings is 1. The molecule has 0 radical (unpaired) electrons. The summed E-state index contributed by atoms with van der Waals surface area (Å²) in [6, 6.07) is 5.61. The zero-order valence-electron chi connectivity index (χ0n) is 11.9. The van der Waals surface area contributed by atoms with Crippen molar-refractivity contribution in [3.05, 3.63) is 29.6 Å². The summed E-state index contributed by atoms with van der Waals surface area (Å²) in [4.78, 5) is 2.13. The first kappa shape index (κ1) is 15.0. The molecule has 102 valence electrons. The van der Waals surface area contributed by atoms with Crippen LogP contribution >= 0.6 is 0 Å². The van der Waals surface area contributed by atoms with E-state index in [4.69, 9.17) is 5.73 Å². The first-order valence-corrected chi connectivity index (χ1v) is 6.77. The van der Waals surface area contributed by atoms with Crippen molar-refractivity contribution in [2.24, 2.45) is 5.73 Å². The topological polar surface area (TPSA) is 29.3 Å². The molecule has 0 saturated carbocycles. The molecule has 1 aromatic carbocycles. The zero-order valence-corrected chi connectivity index (χ0v) is 11.9. The van der Waals surface area contributed by atoms with E-state index >= 15 is 0 Å². The van der Waals surface area contributed by atoms with Gasteiger partial charge >= 0.3 is 0 Å². The maximum absolute atomic E-state index is 14.2. The van der Waals surface area contributed by atoms with Gasteiger partial charge in [0.15, 0.2) is 0 Å². The molecular formula is C15H25FN2. The molecule has 0 heterocycles. The molecule has 1 rings (SSSR count). The average Bonchev–Trinajstić information content (AvgIpc) is 2.26. The van der Waals surface area contributed by atoms with Gasteiger partial charge in [-0.2, -0.15) is 0 Å². The fraction of sp³-hybridized carbons (Fsp3) is 0.600. The molecule has 1 unspecified atom stereocenters. The highest BCUT2D eigenvalue weighted by Crippen LogP contribution is 2.27. The molecule has 3 heteroatoms. The number of nitrogens with zero attached hydrogens (tertiary/aromatic N) is 1. The summed E-state index contributed by atoms with van der Waals surface area (Å²) in [5.74, 6) is -0.143. The first-order chi connectivity index (χ1) is 8.47. The quantitative estimate of drug-likeness (QED) is 0.841. The van der Waals surface area contributed by atoms with Crippen LogP contribution in [-0.4, -0.2) is 18.6 Å². The number of rotatable bonds is 6. The van der Waals surface area contributed by atoms with E-state index in [1.165, 1.54) is 6.07 Å². The minimum Gasteiger partial charge on any atom is -0.367 e. The van der Waals surface area contributed by atoms with Crippen LogP contribution in [0.2, 0.25) is 0 Å². The minimum absolute atomic E-state index is 0.0428. The Morgan fingerprint density at radius 1 is 1.28 bits per heavy atom. The predicted molar refractivity (Wildman–Crippen MR) is 76.5 cm³/mol. The molecule has 0 fully saturated rings. The molecule has 0 aromatic heterocycles. The van der Waals surface area contributed by atoms with Gasteiger partial charge < -0.3 is 10.6 Å². The van der Waals surface area contributed by atoms with Crippen molar-refractivity contribution in [3.63, 3.8) is 0 Å². The highest BCUT2D eigenvalue weighted by atomic mass is 19.1. The Labute approximate surface area is 110 Å². The van der Waals surface area contributed by atoms with Crippen molar-refractivity contribution in [2.45, 2.75) is 52.6 Å². The Morgan fingerprint density at radius 3 is 2.44 bits per heavy atom. The smallest absolute Gasteiger partial charge is 0.146 e. The molecule has 1 atom stereocenters. The van der Waals surface area contributed by atoms with E-state index < -0.39 is 0 Å². The summed E-state index contributed by atoms with van der Waals surface area (Å²) in [7, 11) is 0. The third kappa shape index (κ3) is 3.70. The third-order valence-corrected chi connectivity index (χ3v) is 2.99. The van der Waals surface area contributed by atoms with Crippen LogP contribution in [0, 0.1) is 5.82 Å². The second kappa shape index (κ2) is 6.74. The van der Waals surface area contributed by atoms with Gasteiger partial charge in [0.25, 0.3) is 0 Å². The molecule has 0 amide bonds. The van der Waals surface area contributed by atoms with E-state index in [0.29, 0.717) is 6.42 Å². The SMILES string of the molecule is CCCN(c1c(F)cccc1CC(C)N)C(C)C. The van der Waals surface area contributed by atoms with Gasteiger partial charge in [0, 0.05) is 18.6 Å². The van der Waals surface area contributed by atoms with E-state index in [1.807, 2.05) is 13.0 Å². The van der Waals surface area contributed by atoms with Crippen LogP contribution in [0.5, 0.6) is 0 Å². The number of para-hydroxylation sites is 1. The third-order valence-electron chi connectivity index (χ3n) is 2.99. The van der Waals surface area contributed by atoms with Crippen molar-refractivity contribution in [1.82, 2.24) is 0 Å². The molecule has 18 heavy (non-hydrogen) atoms. The first-order valence-electron chi connectivity index (χ1n) is 6.77. The van der Waals surface area contributed by atoms with Crippen LogP contribution in [0.25, 0.3) is 0 Å². The minimum atomic E-state index is -0.143. The van der Waals surface area contributed by atoms with Crippen molar-refractivity contribution in [3.8, 4) is 0 Å². The molecule has 0 aliphatic rings. The highest BCUT2D eigenvalue weighted by Gasteiger charge is 2.18. The maximum atomic E-state index is 14.2. The van der Waals surface area contributed by atoms with E-state index in [2.05, 4.69) is 25.7 Å². The normalized spacial score (nSPS) is 12.8. The zero-order chi connectivity index (χ0) is 13.7. The molecule has 0 aliphatic heterocycles. The van der Waals surface area contributed by atoms with Gasteiger partial charge in [0.2, 0.25) is 0 Å². The maximum Gasteiger partial charge on any atom is 0.146 e. The van der Waals surface area contributed by atoms with Crippen LogP contribution in [0.3, 0.4) is 0 Å². The number of anilines is 1. The Hall–Kier alpha value is -1.09. The summed E-state index contributed by atoms with van der Waals surface area (Å²) in [5, 5.41) is 0. The van der Waals surface area contributed by atoms with Gasteiger partial charge in [-0.1, -0.05) is 19.1 Å². The lowest BCUT2D eigenvalue weighted by Gasteiger charge is -2.31. The highest BCUT2D eigenvalue weighted by molar-refractivity contribution is 5.55. The van der Waals surface area contributed by atoms with E-state index in [9.17, 15) is 4.39 Å². The van der Waals surface area contributed by atoms with Crippen molar-refractivity contribution in [1.29, 1.82) is 0 Å². The van der Waals surface area contributed by atoms with Gasteiger partial charge in [0.1, 0.15) is 5.82 Å². The average molecular weight is 252 g/mol. The second-order valence-corrected chi connectivity index (χ2v) is 5.22. The Kier molecular flexibility index (Phi) is 5.60. The molecule has 1 aromatic rings. The molecular weight excluding hydrogens is 227 g/mol. The lowest BCUT2D eigenvalue weighted by molar-refractivity contribution is 0.590. The number of hydrogen-bond donors (Lipinski definition) is 1. The van der Waals surface area contributed by atoms with Crippen LogP contribution < -0.4 is 10.6 Å². The van der Waals surface area contributed by atoms with Gasteiger partial charge in [-0.15, -0.1) is 0 Å². The summed E-state index contributed by atoms with van der Waals surface area (Å²) < 4.78 is 14.2. The Bertz CT molecular complexity index is 375. The van der Waals surface area contributed by atoms with E-state index in [-0.39, 0.29) is 17.9 Å². The number of nitrogens with two attached hydrogens (primary N) is 1. The molecule has 0 saturated heterocycles. The standard InChI is InChI=1S/C15H25FN2/c1-5-9-18(11(2)3)15-13(10-12(4)17)7-6-8-14(15)16/h6-8,11-12H,5,9-10,17H2,1-4H3. The number of halogens is 1. The lowest BCUT2D eigenvalue weighted by atomic mass is 10.0. The summed E-state index contributed by atoms with van der Waals surface area (Å²) in [5.41, 5.74) is 7.59. The number of hydrogen-bond acceptors (Lipinski definition) is 2. The van der Waals surface area contributed by atoms with Gasteiger partial charge in [-0.25, -0.2) is 4.39 Å². The lowest BCUT2D eigenvalue weighted by Crippen LogP contribution is -2.33. The molecule has 2 N–H and O–H groups in total. The largest absolute Gasteiger partial charge is 0.367 e. The van der Waals surface area contributed by atoms with Crippen molar-refractivity contribution >= 4 is 5.69 Å². The van der Waals surface area contributed by atoms with Crippen LogP contribution in [0.15, 0.2) is 18.2 Å². The fourth-order valence-corrected chi connectivity index (χ4v) is 2.26. The Balaban J connectivity index is 3.17. The van der Waals surface area contributed by atoms with Gasteiger partial charge in [-0.05, 0) is 45.2 Å². The van der Waals surface area contributed by atoms with E-state index in [1.54, 1.807) is 6.07 Å². The van der Waals surface area contributed by atoms with Crippen molar-refractivity contribution < 1.29 is 4.39 Å². The van der Waals surface area contributed by atoms with Crippen molar-refractivity contribution in [2.75, 3.05) is 11.4 Å². The Morgan fingerprint density at radius 2 is 1.94 bits per heavy atom. The summed E-state index contributed by atoms with van der Waals surface area (Å²) in [6.07, 6.45) is 1.71. The second-order valence-electron chi connectivity index (χ2n) is 5.22.